The summed E-state index contributed by atoms with van der Waals surface area (Å²) < 4.78 is 65.7. The summed E-state index contributed by atoms with van der Waals surface area (Å²) in [6.45, 7) is -0.0633. The van der Waals surface area contributed by atoms with E-state index in [4.69, 9.17) is 9.84 Å². The molecule has 44 heavy (non-hydrogen) atoms. The highest BCUT2D eigenvalue weighted by Gasteiger charge is 2.22. The molecule has 0 aliphatic carbocycles. The lowest BCUT2D eigenvalue weighted by molar-refractivity contribution is 0.0920. The first kappa shape index (κ1) is 30.6. The number of nitrogens with zero attached hydrogens (tertiary/aromatic N) is 3. The van der Waals surface area contributed by atoms with E-state index in [2.05, 4.69) is 37.0 Å². The van der Waals surface area contributed by atoms with E-state index in [-0.39, 0.29) is 23.4 Å². The zero-order valence-electron chi connectivity index (χ0n) is 22.9. The molecule has 2 N–H and O–H groups in total. The molecule has 0 saturated heterocycles. The summed E-state index contributed by atoms with van der Waals surface area (Å²) in [5, 5.41) is 9.11. The number of pyridine rings is 3. The Morgan fingerprint density at radius 3 is 2.45 bits per heavy atom. The molecule has 0 bridgehead atoms. The number of benzene rings is 2. The van der Waals surface area contributed by atoms with Crippen LogP contribution >= 0.6 is 12.6 Å². The van der Waals surface area contributed by atoms with E-state index in [0.29, 0.717) is 34.8 Å². The maximum Gasteiger partial charge on any atom is 0.505 e. The standard InChI is InChI=1S/C30H24F2N4O6S2/c1-41-29-27(36-44(39,40)28-7-4-20(31)12-25(28)32)11-19(15-35-29)17-3-6-26-24(10-17)23(8-9-33-26)18-2-5-21(34-14-18)13-22(43)16-42-30(37)38/h2-12,14-15,22,36,43H,13,16H2,1H3,(H,37,38). The lowest BCUT2D eigenvalue weighted by Gasteiger charge is -2.14. The van der Waals surface area contributed by atoms with Crippen molar-refractivity contribution < 1.29 is 36.6 Å². The zero-order chi connectivity index (χ0) is 31.4. The molecule has 5 rings (SSSR count). The second-order valence-electron chi connectivity index (χ2n) is 9.52. The number of carbonyl (C=O) groups is 1. The lowest BCUT2D eigenvalue weighted by atomic mass is 9.98. The Morgan fingerprint density at radius 1 is 0.977 bits per heavy atom. The summed E-state index contributed by atoms with van der Waals surface area (Å²) in [7, 11) is -3.14. The predicted octanol–water partition coefficient (Wildman–Crippen LogP) is 5.98. The van der Waals surface area contributed by atoms with E-state index < -0.39 is 32.7 Å². The summed E-state index contributed by atoms with van der Waals surface area (Å²) in [5.74, 6) is -2.20. The van der Waals surface area contributed by atoms with Crippen molar-refractivity contribution >= 4 is 45.4 Å². The molecule has 0 spiro atoms. The number of nitrogens with one attached hydrogen (secondary N) is 1. The Morgan fingerprint density at radius 2 is 1.75 bits per heavy atom. The topological polar surface area (TPSA) is 141 Å². The van der Waals surface area contributed by atoms with Gasteiger partial charge in [-0.05, 0) is 53.6 Å². The molecule has 0 saturated carbocycles. The molecule has 2 aromatic carbocycles. The van der Waals surface area contributed by atoms with Gasteiger partial charge in [0.1, 0.15) is 28.8 Å². The number of rotatable bonds is 10. The molecule has 0 aliphatic rings. The van der Waals surface area contributed by atoms with Crippen molar-refractivity contribution in [2.24, 2.45) is 0 Å². The van der Waals surface area contributed by atoms with Crippen molar-refractivity contribution in [1.29, 1.82) is 0 Å². The van der Waals surface area contributed by atoms with Gasteiger partial charge in [0.05, 0.1) is 12.6 Å². The minimum absolute atomic E-state index is 0.0451. The number of anilines is 1. The van der Waals surface area contributed by atoms with Crippen LogP contribution in [0.2, 0.25) is 0 Å². The van der Waals surface area contributed by atoms with Crippen molar-refractivity contribution in [3.05, 3.63) is 96.6 Å². The SMILES string of the molecule is COc1ncc(-c2ccc3nccc(-c4ccc(CC(S)COC(=O)O)nc4)c3c2)cc1NS(=O)(=O)c1ccc(F)cc1F. The van der Waals surface area contributed by atoms with Gasteiger partial charge >= 0.3 is 6.16 Å². The number of sulfonamides is 1. The van der Waals surface area contributed by atoms with E-state index in [9.17, 15) is 22.0 Å². The van der Waals surface area contributed by atoms with Crippen LogP contribution < -0.4 is 9.46 Å². The van der Waals surface area contributed by atoms with Gasteiger partial charge in [-0.25, -0.2) is 27.0 Å². The summed E-state index contributed by atoms with van der Waals surface area (Å²) in [6, 6.07) is 14.7. The third-order valence-electron chi connectivity index (χ3n) is 6.53. The van der Waals surface area contributed by atoms with Gasteiger partial charge < -0.3 is 14.6 Å². The van der Waals surface area contributed by atoms with E-state index in [0.717, 1.165) is 28.6 Å². The lowest BCUT2D eigenvalue weighted by Crippen LogP contribution is -2.15. The number of thiol groups is 1. The van der Waals surface area contributed by atoms with Crippen molar-refractivity contribution in [3.8, 4) is 28.1 Å². The fourth-order valence-corrected chi connectivity index (χ4v) is 5.86. The fourth-order valence-electron chi connectivity index (χ4n) is 4.49. The molecule has 3 aromatic heterocycles. The van der Waals surface area contributed by atoms with Crippen molar-refractivity contribution in [1.82, 2.24) is 15.0 Å². The van der Waals surface area contributed by atoms with E-state index in [1.54, 1.807) is 18.5 Å². The zero-order valence-corrected chi connectivity index (χ0v) is 24.6. The monoisotopic (exact) mass is 638 g/mol. The Labute approximate surface area is 256 Å². The first-order chi connectivity index (χ1) is 21.0. The number of aromatic nitrogens is 3. The normalized spacial score (nSPS) is 12.1. The number of ether oxygens (including phenoxy) is 2. The van der Waals surface area contributed by atoms with Gasteiger partial charge in [0.15, 0.2) is 0 Å². The Balaban J connectivity index is 1.46. The highest BCUT2D eigenvalue weighted by molar-refractivity contribution is 7.92. The number of hydrogen-bond donors (Lipinski definition) is 3. The summed E-state index contributed by atoms with van der Waals surface area (Å²) in [4.78, 5) is 23.1. The number of carboxylic acid groups (broad SMARTS) is 1. The summed E-state index contributed by atoms with van der Waals surface area (Å²) >= 11 is 4.36. The van der Waals surface area contributed by atoms with Gasteiger partial charge in [-0.15, -0.1) is 0 Å². The minimum atomic E-state index is -4.45. The molecule has 1 atom stereocenters. The Hall–Kier alpha value is -4.82. The van der Waals surface area contributed by atoms with E-state index >= 15 is 0 Å². The molecule has 1 unspecified atom stereocenters. The van der Waals surface area contributed by atoms with Crippen LogP contribution in [0.4, 0.5) is 19.3 Å². The quantitative estimate of drug-likeness (QED) is 0.124. The predicted molar refractivity (Wildman–Crippen MR) is 162 cm³/mol. The number of halogens is 2. The van der Waals surface area contributed by atoms with Gasteiger partial charge in [-0.3, -0.25) is 14.7 Å². The molecule has 3 heterocycles. The summed E-state index contributed by atoms with van der Waals surface area (Å²) in [6.07, 6.45) is 3.92. The van der Waals surface area contributed by atoms with Gasteiger partial charge in [0.2, 0.25) is 5.88 Å². The third kappa shape index (κ3) is 6.87. The molecule has 226 valence electrons. The average Bonchev–Trinajstić information content (AvgIpc) is 2.99. The van der Waals surface area contributed by atoms with Crippen LogP contribution in [0.1, 0.15) is 5.69 Å². The van der Waals surface area contributed by atoms with Crippen LogP contribution in [-0.4, -0.2) is 53.6 Å². The van der Waals surface area contributed by atoms with E-state index in [1.807, 2.05) is 30.3 Å². The largest absolute Gasteiger partial charge is 0.505 e. The summed E-state index contributed by atoms with van der Waals surface area (Å²) in [5.41, 5.74) is 4.21. The molecule has 5 aromatic rings. The van der Waals surface area contributed by atoms with Crippen molar-refractivity contribution in [3.63, 3.8) is 0 Å². The van der Waals surface area contributed by atoms with Crippen LogP contribution in [0.25, 0.3) is 33.2 Å². The van der Waals surface area contributed by atoms with E-state index in [1.165, 1.54) is 19.4 Å². The molecule has 0 aliphatic heterocycles. The second kappa shape index (κ2) is 12.8. The Kier molecular flexibility index (Phi) is 8.92. The number of hydrogen-bond acceptors (Lipinski definition) is 9. The maximum atomic E-state index is 14.3. The van der Waals surface area contributed by atoms with Gasteiger partial charge in [-0.2, -0.15) is 12.6 Å². The van der Waals surface area contributed by atoms with Crippen molar-refractivity contribution in [2.75, 3.05) is 18.4 Å². The highest BCUT2D eigenvalue weighted by atomic mass is 32.2. The average molecular weight is 639 g/mol. The number of fused-ring (bicyclic) bond motifs is 1. The molecule has 0 radical (unpaired) electrons. The second-order valence-corrected chi connectivity index (χ2v) is 11.9. The van der Waals surface area contributed by atoms with Crippen LogP contribution in [-0.2, 0) is 21.2 Å². The van der Waals surface area contributed by atoms with Gasteiger partial charge in [-0.1, -0.05) is 12.1 Å². The van der Waals surface area contributed by atoms with Crippen LogP contribution in [0.3, 0.4) is 0 Å². The molecular formula is C30H24F2N4O6S2. The van der Waals surface area contributed by atoms with Crippen LogP contribution in [0.15, 0.2) is 84.1 Å². The first-order valence-electron chi connectivity index (χ1n) is 12.9. The molecule has 0 fully saturated rings. The highest BCUT2D eigenvalue weighted by Crippen LogP contribution is 2.34. The molecule has 10 nitrogen and oxygen atoms in total. The number of methoxy groups -OCH3 is 1. The fraction of sp³-hybridized carbons (Fsp3) is 0.133. The minimum Gasteiger partial charge on any atom is -0.480 e. The van der Waals surface area contributed by atoms with Crippen LogP contribution in [0, 0.1) is 11.6 Å². The van der Waals surface area contributed by atoms with Crippen LogP contribution in [0.5, 0.6) is 5.88 Å². The van der Waals surface area contributed by atoms with Crippen molar-refractivity contribution in [2.45, 2.75) is 16.6 Å². The van der Waals surface area contributed by atoms with Gasteiger partial charge in [0, 0.05) is 58.5 Å². The smallest absolute Gasteiger partial charge is 0.480 e. The maximum absolute atomic E-state index is 14.3. The first-order valence-corrected chi connectivity index (χ1v) is 14.9. The van der Waals surface area contributed by atoms with Gasteiger partial charge in [0.25, 0.3) is 10.0 Å². The molecular weight excluding hydrogens is 614 g/mol. The molecule has 14 heteroatoms. The molecule has 0 amide bonds. The Bertz CT molecular complexity index is 1960. The third-order valence-corrected chi connectivity index (χ3v) is 8.26.